The highest BCUT2D eigenvalue weighted by molar-refractivity contribution is 7.13. The molecule has 0 fully saturated rings. The van der Waals surface area contributed by atoms with E-state index < -0.39 is 5.97 Å². The molecule has 0 bridgehead atoms. The predicted octanol–water partition coefficient (Wildman–Crippen LogP) is 1.70. The fourth-order valence-electron chi connectivity index (χ4n) is 1.77. The molecule has 18 heavy (non-hydrogen) atoms. The molecular formula is C11H14N4O2S. The maximum atomic E-state index is 10.5. The van der Waals surface area contributed by atoms with Crippen molar-refractivity contribution in [2.75, 3.05) is 18.5 Å². The average molecular weight is 266 g/mol. The van der Waals surface area contributed by atoms with Crippen LogP contribution in [0.15, 0.2) is 6.33 Å². The molecule has 0 spiro atoms. The van der Waals surface area contributed by atoms with Crippen molar-refractivity contribution in [2.24, 2.45) is 0 Å². The summed E-state index contributed by atoms with van der Waals surface area (Å²) >= 11 is 1.35. The van der Waals surface area contributed by atoms with Gasteiger partial charge in [0.1, 0.15) is 17.0 Å². The van der Waals surface area contributed by atoms with Crippen molar-refractivity contribution in [3.05, 3.63) is 12.0 Å². The van der Waals surface area contributed by atoms with Crippen LogP contribution < -0.4 is 4.90 Å². The molecule has 0 radical (unpaired) electrons. The summed E-state index contributed by atoms with van der Waals surface area (Å²) in [6.07, 6.45) is 2.27. The molecule has 0 aliphatic rings. The molecule has 0 aromatic carbocycles. The van der Waals surface area contributed by atoms with Crippen LogP contribution in [-0.4, -0.2) is 39.0 Å². The quantitative estimate of drug-likeness (QED) is 0.887. The third-order valence-electron chi connectivity index (χ3n) is 2.67. The molecule has 2 heterocycles. The molecule has 0 unspecified atom stereocenters. The van der Waals surface area contributed by atoms with Crippen LogP contribution in [0.25, 0.3) is 10.2 Å². The van der Waals surface area contributed by atoms with Gasteiger partial charge in [0, 0.05) is 20.0 Å². The minimum atomic E-state index is -0.774. The van der Waals surface area contributed by atoms with Crippen LogP contribution >= 0.6 is 11.5 Å². The highest BCUT2D eigenvalue weighted by Gasteiger charge is 2.13. The van der Waals surface area contributed by atoms with Crippen molar-refractivity contribution in [1.82, 2.24) is 14.3 Å². The largest absolute Gasteiger partial charge is 0.481 e. The highest BCUT2D eigenvalue weighted by atomic mass is 32.1. The van der Waals surface area contributed by atoms with Gasteiger partial charge in [0.15, 0.2) is 0 Å². The number of aryl methyl sites for hydroxylation is 1. The first-order valence-electron chi connectivity index (χ1n) is 5.59. The third kappa shape index (κ3) is 2.56. The number of aromatic nitrogens is 3. The number of carboxylic acid groups (broad SMARTS) is 1. The molecule has 6 nitrogen and oxygen atoms in total. The summed E-state index contributed by atoms with van der Waals surface area (Å²) in [6.45, 7) is 2.57. The summed E-state index contributed by atoms with van der Waals surface area (Å²) in [5.74, 6) is 0.0428. The van der Waals surface area contributed by atoms with Gasteiger partial charge in [-0.3, -0.25) is 4.79 Å². The maximum absolute atomic E-state index is 10.5. The lowest BCUT2D eigenvalue weighted by Gasteiger charge is -2.18. The number of rotatable bonds is 5. The van der Waals surface area contributed by atoms with Crippen LogP contribution in [0.3, 0.4) is 0 Å². The number of fused-ring (bicyclic) bond motifs is 1. The third-order valence-corrected chi connectivity index (χ3v) is 3.52. The zero-order valence-electron chi connectivity index (χ0n) is 10.3. The molecule has 2 aromatic rings. The Balaban J connectivity index is 2.19. The van der Waals surface area contributed by atoms with Crippen molar-refractivity contribution in [3.8, 4) is 0 Å². The van der Waals surface area contributed by atoms with Gasteiger partial charge < -0.3 is 10.0 Å². The van der Waals surface area contributed by atoms with Crippen LogP contribution in [0.1, 0.15) is 18.5 Å². The molecular weight excluding hydrogens is 252 g/mol. The number of anilines is 1. The van der Waals surface area contributed by atoms with E-state index in [1.807, 2.05) is 18.9 Å². The van der Waals surface area contributed by atoms with E-state index in [-0.39, 0.29) is 6.42 Å². The normalized spacial score (nSPS) is 10.8. The fraction of sp³-hybridized carbons (Fsp3) is 0.455. The number of hydrogen-bond donors (Lipinski definition) is 1. The summed E-state index contributed by atoms with van der Waals surface area (Å²) in [6, 6.07) is 0. The van der Waals surface area contributed by atoms with Gasteiger partial charge in [0.05, 0.1) is 11.1 Å². The average Bonchev–Trinajstić information content (AvgIpc) is 2.71. The zero-order chi connectivity index (χ0) is 13.1. The Kier molecular flexibility index (Phi) is 3.71. The standard InChI is InChI=1S/C11H14N4O2S/c1-7-9-10(12-6-13-11(9)18-14-7)15(2)5-3-4-8(16)17/h6H,3-5H2,1-2H3,(H,16,17). The number of hydrogen-bond acceptors (Lipinski definition) is 6. The van der Waals surface area contributed by atoms with Gasteiger partial charge in [0.2, 0.25) is 0 Å². The molecule has 2 rings (SSSR count). The Labute approximate surface area is 108 Å². The highest BCUT2D eigenvalue weighted by Crippen LogP contribution is 2.27. The summed E-state index contributed by atoms with van der Waals surface area (Å²) in [7, 11) is 1.90. The molecule has 96 valence electrons. The van der Waals surface area contributed by atoms with Gasteiger partial charge in [-0.15, -0.1) is 0 Å². The lowest BCUT2D eigenvalue weighted by molar-refractivity contribution is -0.137. The van der Waals surface area contributed by atoms with Crippen molar-refractivity contribution in [2.45, 2.75) is 19.8 Å². The lowest BCUT2D eigenvalue weighted by atomic mass is 10.2. The van der Waals surface area contributed by atoms with Crippen molar-refractivity contribution < 1.29 is 9.90 Å². The minimum Gasteiger partial charge on any atom is -0.481 e. The second kappa shape index (κ2) is 5.26. The number of carboxylic acids is 1. The molecule has 0 saturated heterocycles. The van der Waals surface area contributed by atoms with Gasteiger partial charge in [-0.25, -0.2) is 9.97 Å². The van der Waals surface area contributed by atoms with Crippen LogP contribution in [0, 0.1) is 6.92 Å². The van der Waals surface area contributed by atoms with E-state index in [1.165, 1.54) is 17.9 Å². The monoisotopic (exact) mass is 266 g/mol. The van der Waals surface area contributed by atoms with E-state index in [2.05, 4.69) is 14.3 Å². The van der Waals surface area contributed by atoms with Crippen LogP contribution in [0.5, 0.6) is 0 Å². The van der Waals surface area contributed by atoms with E-state index in [9.17, 15) is 4.79 Å². The Bertz CT molecular complexity index is 569. The van der Waals surface area contributed by atoms with Crippen LogP contribution in [0.4, 0.5) is 5.82 Å². The first-order valence-corrected chi connectivity index (χ1v) is 6.37. The predicted molar refractivity (Wildman–Crippen MR) is 70.1 cm³/mol. The Morgan fingerprint density at radius 2 is 2.28 bits per heavy atom. The molecule has 0 amide bonds. The summed E-state index contributed by atoms with van der Waals surface area (Å²) in [4.78, 5) is 21.8. The molecule has 7 heteroatoms. The molecule has 0 saturated carbocycles. The van der Waals surface area contributed by atoms with Gasteiger partial charge >= 0.3 is 5.97 Å². The SMILES string of the molecule is Cc1nsc2ncnc(N(C)CCCC(=O)O)c12. The lowest BCUT2D eigenvalue weighted by Crippen LogP contribution is -2.20. The number of aliphatic carboxylic acids is 1. The Morgan fingerprint density at radius 3 is 3.00 bits per heavy atom. The molecule has 0 atom stereocenters. The molecule has 0 aliphatic heterocycles. The first kappa shape index (κ1) is 12.7. The van der Waals surface area contributed by atoms with Crippen molar-refractivity contribution >= 4 is 33.5 Å². The summed E-state index contributed by atoms with van der Waals surface area (Å²) < 4.78 is 4.27. The van der Waals surface area contributed by atoms with Gasteiger partial charge in [-0.05, 0) is 24.9 Å². The number of carbonyl (C=O) groups is 1. The maximum Gasteiger partial charge on any atom is 0.303 e. The molecule has 1 N–H and O–H groups in total. The smallest absolute Gasteiger partial charge is 0.303 e. The van der Waals surface area contributed by atoms with Crippen molar-refractivity contribution in [3.63, 3.8) is 0 Å². The number of nitrogens with zero attached hydrogens (tertiary/aromatic N) is 4. The van der Waals surface area contributed by atoms with Crippen LogP contribution in [-0.2, 0) is 4.79 Å². The van der Waals surface area contributed by atoms with Crippen LogP contribution in [0.2, 0.25) is 0 Å². The van der Waals surface area contributed by atoms with Gasteiger partial charge in [-0.2, -0.15) is 4.37 Å². The summed E-state index contributed by atoms with van der Waals surface area (Å²) in [5.41, 5.74) is 0.913. The minimum absolute atomic E-state index is 0.166. The second-order valence-corrected chi connectivity index (χ2v) is 4.82. The zero-order valence-corrected chi connectivity index (χ0v) is 11.1. The fourth-order valence-corrected chi connectivity index (χ4v) is 2.51. The van der Waals surface area contributed by atoms with Gasteiger partial charge in [-0.1, -0.05) is 0 Å². The first-order chi connectivity index (χ1) is 8.59. The Morgan fingerprint density at radius 1 is 1.50 bits per heavy atom. The van der Waals surface area contributed by atoms with Gasteiger partial charge in [0.25, 0.3) is 0 Å². The molecule has 0 aliphatic carbocycles. The molecule has 2 aromatic heterocycles. The second-order valence-electron chi connectivity index (χ2n) is 4.06. The Hall–Kier alpha value is -1.76. The van der Waals surface area contributed by atoms with Crippen molar-refractivity contribution in [1.29, 1.82) is 0 Å². The van der Waals surface area contributed by atoms with E-state index in [0.717, 1.165) is 21.7 Å². The van der Waals surface area contributed by atoms with E-state index in [4.69, 9.17) is 5.11 Å². The van der Waals surface area contributed by atoms with E-state index in [1.54, 1.807) is 0 Å². The van der Waals surface area contributed by atoms with E-state index in [0.29, 0.717) is 13.0 Å². The summed E-state index contributed by atoms with van der Waals surface area (Å²) in [5, 5.41) is 9.59. The van der Waals surface area contributed by atoms with E-state index >= 15 is 0 Å². The topological polar surface area (TPSA) is 79.2 Å².